The summed E-state index contributed by atoms with van der Waals surface area (Å²) in [7, 11) is 0. The summed E-state index contributed by atoms with van der Waals surface area (Å²) in [4.78, 5) is 54.4. The van der Waals surface area contributed by atoms with Crippen LogP contribution in [0.15, 0.2) is 12.3 Å². The van der Waals surface area contributed by atoms with Gasteiger partial charge in [0, 0.05) is 38.0 Å². The van der Waals surface area contributed by atoms with Crippen molar-refractivity contribution in [1.29, 1.82) is 0 Å². The topological polar surface area (TPSA) is 108 Å². The van der Waals surface area contributed by atoms with Crippen LogP contribution >= 0.6 is 0 Å². The molecule has 2 saturated heterocycles. The summed E-state index contributed by atoms with van der Waals surface area (Å²) < 4.78 is 0. The van der Waals surface area contributed by atoms with E-state index in [0.29, 0.717) is 30.7 Å². The largest absolute Gasteiger partial charge is 0.355 e. The molecule has 9 heteroatoms. The molecule has 0 aromatic carbocycles. The normalized spacial score (nSPS) is 22.5. The van der Waals surface area contributed by atoms with Gasteiger partial charge in [-0.1, -0.05) is 13.0 Å². The Kier molecular flexibility index (Phi) is 8.63. The standard InChI is InChI=1S/C20H32N4O5/c1-14-5-4-6-15(2)23(14)13-18(26)22-11-9-17(25)21-12-10-20(28)29-24-16(3)7-8-19(24)27/h14-15H,3-13H2,1-2H3,(H,21,25)(H,22,26)/i9+1,11+1,21+1,22+1,23+1. The van der Waals surface area contributed by atoms with Gasteiger partial charge in [-0.2, -0.15) is 0 Å². The van der Waals surface area contributed by atoms with Crippen LogP contribution in [-0.2, 0) is 24.0 Å². The average molecular weight is 413 g/mol. The molecule has 2 heterocycles. The van der Waals surface area contributed by atoms with Crippen molar-refractivity contribution in [2.24, 2.45) is 0 Å². The lowest BCUT2D eigenvalue weighted by Crippen LogP contribution is -2.49. The van der Waals surface area contributed by atoms with Crippen molar-refractivity contribution >= 4 is 23.7 Å². The van der Waals surface area contributed by atoms with E-state index in [1.54, 1.807) is 0 Å². The number of nitrogens with one attached hydrogen (secondary N) is 2. The third kappa shape index (κ3) is 7.16. The number of carbonyl (C=O) groups excluding carboxylic acids is 4. The van der Waals surface area contributed by atoms with Gasteiger partial charge in [0.25, 0.3) is 5.91 Å². The number of allylic oxidation sites excluding steroid dienone is 1. The van der Waals surface area contributed by atoms with Crippen LogP contribution in [0.5, 0.6) is 0 Å². The fraction of sp³-hybridized carbons (Fsp3) is 0.700. The average Bonchev–Trinajstić information content (AvgIpc) is 2.97. The van der Waals surface area contributed by atoms with Crippen LogP contribution in [0.1, 0.15) is 58.8 Å². The highest BCUT2D eigenvalue weighted by Crippen LogP contribution is 2.22. The van der Waals surface area contributed by atoms with E-state index < -0.39 is 5.97 Å². The molecule has 0 bridgehead atoms. The first kappa shape index (κ1) is 22.9. The van der Waals surface area contributed by atoms with Gasteiger partial charge in [0.15, 0.2) is 0 Å². The van der Waals surface area contributed by atoms with Crippen LogP contribution in [-0.4, -0.2) is 65.4 Å². The molecule has 9 nitrogen and oxygen atoms in total. The summed E-state index contributed by atoms with van der Waals surface area (Å²) in [6.45, 7) is 8.62. The number of hydroxylamine groups is 2. The molecule has 2 aliphatic heterocycles. The second-order valence-corrected chi connectivity index (χ2v) is 7.72. The number of hydrogen-bond acceptors (Lipinski definition) is 6. The van der Waals surface area contributed by atoms with E-state index in [1.807, 2.05) is 0 Å². The monoisotopic (exact) mass is 413 g/mol. The Bertz CT molecular complexity index is 625. The fourth-order valence-corrected chi connectivity index (χ4v) is 3.61. The molecule has 0 aromatic heterocycles. The molecule has 2 atom stereocenters. The molecule has 2 rings (SSSR count). The van der Waals surface area contributed by atoms with Gasteiger partial charge in [0.1, 0.15) is 0 Å². The predicted molar refractivity (Wildman–Crippen MR) is 106 cm³/mol. The van der Waals surface area contributed by atoms with Gasteiger partial charge in [-0.15, -0.1) is 5.06 Å². The van der Waals surface area contributed by atoms with Crippen molar-refractivity contribution in [3.63, 3.8) is 0 Å². The lowest BCUT2D eigenvalue weighted by atomic mass is 10.0. The fourth-order valence-electron chi connectivity index (χ4n) is 3.61. The van der Waals surface area contributed by atoms with E-state index in [1.165, 1.54) is 6.42 Å². The smallest absolute Gasteiger partial charge is 0.334 e. The summed E-state index contributed by atoms with van der Waals surface area (Å²) in [6.07, 6.45) is 4.23. The number of rotatable bonds is 9. The van der Waals surface area contributed by atoms with E-state index >= 15 is 0 Å². The molecule has 162 valence electrons. The van der Waals surface area contributed by atoms with E-state index in [-0.39, 0.29) is 50.1 Å². The highest BCUT2D eigenvalue weighted by molar-refractivity contribution is 5.82. The maximum Gasteiger partial charge on any atom is 0.334 e. The Morgan fingerprint density at radius 3 is 2.28 bits per heavy atom. The second kappa shape index (κ2) is 10.9. The SMILES string of the molecule is C=C1CCC(=O)N1OC(=O)CC[15NH]C(=O)[13CH2][13CH2][15NH]C(=O)C[15N]1C(C)CCCC1C. The van der Waals surface area contributed by atoms with Crippen molar-refractivity contribution in [2.75, 3.05) is 19.6 Å². The van der Waals surface area contributed by atoms with Crippen molar-refractivity contribution < 1.29 is 24.0 Å². The van der Waals surface area contributed by atoms with E-state index in [0.717, 1.165) is 17.9 Å². The summed E-state index contributed by atoms with van der Waals surface area (Å²) >= 11 is 0. The molecule has 0 aromatic rings. The van der Waals surface area contributed by atoms with E-state index in [9.17, 15) is 19.2 Å². The van der Waals surface area contributed by atoms with E-state index in [4.69, 9.17) is 4.84 Å². The van der Waals surface area contributed by atoms with Gasteiger partial charge < -0.3 is 15.5 Å². The molecule has 2 aliphatic rings. The first-order chi connectivity index (χ1) is 13.8. The number of hydrogen-bond donors (Lipinski definition) is 2. The van der Waals surface area contributed by atoms with E-state index in [2.05, 4.69) is 36.0 Å². The lowest BCUT2D eigenvalue weighted by molar-refractivity contribution is -0.186. The molecule has 2 N–H and O–H groups in total. The molecular weight excluding hydrogens is 381 g/mol. The Balaban J connectivity index is 1.56. The third-order valence-corrected chi connectivity index (χ3v) is 5.36. The van der Waals surface area contributed by atoms with Gasteiger partial charge in [0.2, 0.25) is 11.8 Å². The molecule has 0 spiro atoms. The maximum atomic E-state index is 12.1. The maximum absolute atomic E-state index is 12.1. The Labute approximate surface area is 171 Å². The minimum Gasteiger partial charge on any atom is -0.355 e. The Hall–Kier alpha value is -2.42. The molecule has 0 radical (unpaired) electrons. The summed E-state index contributed by atoms with van der Waals surface area (Å²) in [5, 5.41) is 6.30. The molecule has 29 heavy (non-hydrogen) atoms. The zero-order chi connectivity index (χ0) is 21.4. The summed E-state index contributed by atoms with van der Waals surface area (Å²) in [5.74, 6) is -1.26. The molecule has 0 saturated carbocycles. The number of amides is 3. The van der Waals surface area contributed by atoms with Crippen LogP contribution in [0.4, 0.5) is 0 Å². The molecular formula is C20H32N4O5. The first-order valence-corrected chi connectivity index (χ1v) is 10.3. The van der Waals surface area contributed by atoms with Gasteiger partial charge >= 0.3 is 5.97 Å². The molecule has 3 amide bonds. The Morgan fingerprint density at radius 1 is 1.03 bits per heavy atom. The zero-order valence-corrected chi connectivity index (χ0v) is 17.4. The van der Waals surface area contributed by atoms with Gasteiger partial charge in [-0.25, -0.2) is 4.79 Å². The van der Waals surface area contributed by atoms with Crippen molar-refractivity contribution in [3.05, 3.63) is 12.3 Å². The molecule has 2 unspecified atom stereocenters. The Morgan fingerprint density at radius 2 is 1.66 bits per heavy atom. The highest BCUT2D eigenvalue weighted by Gasteiger charge is 2.28. The van der Waals surface area contributed by atoms with Gasteiger partial charge in [-0.05, 0) is 33.1 Å². The predicted octanol–water partition coefficient (Wildman–Crippen LogP) is 0.856. The number of piperidine rings is 1. The minimum atomic E-state index is -0.611. The quantitative estimate of drug-likeness (QED) is 0.429. The highest BCUT2D eigenvalue weighted by atomic mass is 16.7. The molecule has 0 aliphatic carbocycles. The number of nitrogens with zero attached hydrogens (tertiary/aromatic N) is 2. The zero-order valence-electron chi connectivity index (χ0n) is 17.4. The third-order valence-electron chi connectivity index (χ3n) is 5.36. The van der Waals surface area contributed by atoms with Crippen LogP contribution in [0.3, 0.4) is 0 Å². The van der Waals surface area contributed by atoms with Crippen molar-refractivity contribution in [1.82, 2.24) is 20.6 Å². The number of likely N-dealkylation sites (tertiary alicyclic amines) is 1. The summed E-state index contributed by atoms with van der Waals surface area (Å²) in [5.41, 5.74) is 0.455. The van der Waals surface area contributed by atoms with Gasteiger partial charge in [0.05, 0.1) is 18.7 Å². The summed E-state index contributed by atoms with van der Waals surface area (Å²) in [6, 6.07) is 0.779. The van der Waals surface area contributed by atoms with Crippen LogP contribution in [0.2, 0.25) is 0 Å². The molecule has 2 fully saturated rings. The number of carbonyl (C=O) groups is 4. The lowest BCUT2D eigenvalue weighted by Gasteiger charge is -2.38. The van der Waals surface area contributed by atoms with Crippen molar-refractivity contribution in [2.45, 2.75) is 70.9 Å². The minimum absolute atomic E-state index is 0.0557. The van der Waals surface area contributed by atoms with Crippen molar-refractivity contribution in [3.8, 4) is 0 Å². The first-order valence-electron chi connectivity index (χ1n) is 10.3. The van der Waals surface area contributed by atoms with Crippen LogP contribution in [0, 0.1) is 0 Å². The van der Waals surface area contributed by atoms with Crippen LogP contribution < -0.4 is 10.6 Å². The second-order valence-electron chi connectivity index (χ2n) is 7.72. The van der Waals surface area contributed by atoms with Crippen LogP contribution in [0.25, 0.3) is 0 Å². The van der Waals surface area contributed by atoms with Gasteiger partial charge in [-0.3, -0.25) is 19.3 Å².